The molecule has 3 amide bonds. The fourth-order valence-electron chi connectivity index (χ4n) is 6.78. The molecule has 6 rings (SSSR count). The average molecular weight is 500 g/mol. The number of ether oxygens (including phenoxy) is 1. The summed E-state index contributed by atoms with van der Waals surface area (Å²) in [4.78, 5) is 43.3. The van der Waals surface area contributed by atoms with Gasteiger partial charge in [-0.05, 0) is 44.4 Å². The molecule has 7 nitrogen and oxygen atoms in total. The molecule has 192 valence electrons. The zero-order valence-corrected chi connectivity index (χ0v) is 21.3. The summed E-state index contributed by atoms with van der Waals surface area (Å²) in [6, 6.07) is 16.4. The predicted octanol–water partition coefficient (Wildman–Crippen LogP) is 3.73. The van der Waals surface area contributed by atoms with Crippen LogP contribution in [0.3, 0.4) is 0 Å². The number of hydrogen-bond donors (Lipinski definition) is 2. The number of anilines is 1. The van der Waals surface area contributed by atoms with Gasteiger partial charge in [-0.2, -0.15) is 0 Å². The summed E-state index contributed by atoms with van der Waals surface area (Å²) in [5.74, 6) is -2.22. The highest BCUT2D eigenvalue weighted by molar-refractivity contribution is 6.03. The van der Waals surface area contributed by atoms with E-state index in [1.807, 2.05) is 80.6 Å². The van der Waals surface area contributed by atoms with Crippen molar-refractivity contribution in [1.29, 1.82) is 0 Å². The molecule has 2 bridgehead atoms. The van der Waals surface area contributed by atoms with E-state index < -0.39 is 29.1 Å². The Hall–Kier alpha value is -3.45. The highest BCUT2D eigenvalue weighted by Crippen LogP contribution is 2.60. The van der Waals surface area contributed by atoms with Crippen LogP contribution >= 0.6 is 0 Å². The number of carbonyl (C=O) groups excluding carboxylic acids is 3. The van der Waals surface area contributed by atoms with Crippen molar-refractivity contribution in [2.45, 2.75) is 69.4 Å². The van der Waals surface area contributed by atoms with Crippen molar-refractivity contribution in [2.24, 2.45) is 11.8 Å². The van der Waals surface area contributed by atoms with Crippen molar-refractivity contribution >= 4 is 23.4 Å². The molecule has 3 heterocycles. The standard InChI is InChI=1S/C30H33N3O4/c1-19-12-14-20(15-13-19)18-33-25(27(35)32-22-10-6-7-11-22)30-17-16-29(2,37-30)23(24(30)28(33)36)26(34)31-21-8-4-3-5-9-21/h3-5,8-9,12-17,22-25H,6-7,10-11,18H2,1-2H3,(H,31,34)(H,32,35)/t23-,24+,25-,29+,30+/m1/s1. The van der Waals surface area contributed by atoms with Gasteiger partial charge in [0.25, 0.3) is 0 Å². The van der Waals surface area contributed by atoms with Gasteiger partial charge in [-0.25, -0.2) is 0 Å². The smallest absolute Gasteiger partial charge is 0.246 e. The Kier molecular flexibility index (Phi) is 5.71. The third kappa shape index (κ3) is 3.87. The van der Waals surface area contributed by atoms with Crippen molar-refractivity contribution < 1.29 is 19.1 Å². The van der Waals surface area contributed by atoms with Crippen molar-refractivity contribution in [1.82, 2.24) is 10.2 Å². The summed E-state index contributed by atoms with van der Waals surface area (Å²) in [5, 5.41) is 6.18. The largest absolute Gasteiger partial charge is 0.356 e. The van der Waals surface area contributed by atoms with Crippen LogP contribution in [0.25, 0.3) is 0 Å². The van der Waals surface area contributed by atoms with Gasteiger partial charge in [-0.15, -0.1) is 0 Å². The van der Waals surface area contributed by atoms with Gasteiger partial charge in [0.2, 0.25) is 17.7 Å². The third-order valence-electron chi connectivity index (χ3n) is 8.54. The van der Waals surface area contributed by atoms with Crippen LogP contribution in [0.2, 0.25) is 0 Å². The number of nitrogens with one attached hydrogen (secondary N) is 2. The first-order chi connectivity index (χ1) is 17.8. The van der Waals surface area contributed by atoms with Crippen LogP contribution in [-0.4, -0.2) is 45.9 Å². The number of fused-ring (bicyclic) bond motifs is 1. The van der Waals surface area contributed by atoms with Crippen molar-refractivity contribution in [2.75, 3.05) is 5.32 Å². The molecular formula is C30H33N3O4. The number of para-hydroxylation sites is 1. The molecule has 0 radical (unpaired) electrons. The van der Waals surface area contributed by atoms with E-state index in [0.717, 1.165) is 36.8 Å². The number of rotatable bonds is 6. The predicted molar refractivity (Wildman–Crippen MR) is 139 cm³/mol. The van der Waals surface area contributed by atoms with Gasteiger partial charge in [0.1, 0.15) is 11.6 Å². The van der Waals surface area contributed by atoms with Gasteiger partial charge in [0.15, 0.2) is 0 Å². The van der Waals surface area contributed by atoms with Crippen LogP contribution < -0.4 is 10.6 Å². The maximum absolute atomic E-state index is 14.2. The monoisotopic (exact) mass is 499 g/mol. The Balaban J connectivity index is 1.36. The fraction of sp³-hybridized carbons (Fsp3) is 0.433. The zero-order valence-electron chi connectivity index (χ0n) is 21.3. The fourth-order valence-corrected chi connectivity index (χ4v) is 6.78. The molecule has 1 spiro atoms. The van der Waals surface area contributed by atoms with E-state index in [9.17, 15) is 14.4 Å². The minimum Gasteiger partial charge on any atom is -0.356 e. The Morgan fingerprint density at radius 2 is 1.70 bits per heavy atom. The lowest BCUT2D eigenvalue weighted by molar-refractivity contribution is -0.144. The minimum absolute atomic E-state index is 0.106. The van der Waals surface area contributed by atoms with Crippen molar-refractivity contribution in [3.8, 4) is 0 Å². The molecule has 2 aromatic rings. The molecule has 3 fully saturated rings. The van der Waals surface area contributed by atoms with Gasteiger partial charge < -0.3 is 20.3 Å². The summed E-state index contributed by atoms with van der Waals surface area (Å²) in [7, 11) is 0. The summed E-state index contributed by atoms with van der Waals surface area (Å²) < 4.78 is 6.60. The van der Waals surface area contributed by atoms with Crippen molar-refractivity contribution in [3.05, 3.63) is 77.9 Å². The quantitative estimate of drug-likeness (QED) is 0.593. The summed E-state index contributed by atoms with van der Waals surface area (Å²) in [6.07, 6.45) is 7.80. The molecule has 2 N–H and O–H groups in total. The molecule has 2 aromatic carbocycles. The molecule has 7 heteroatoms. The first-order valence-corrected chi connectivity index (χ1v) is 13.2. The Morgan fingerprint density at radius 1 is 1.00 bits per heavy atom. The van der Waals surface area contributed by atoms with Crippen LogP contribution in [0.5, 0.6) is 0 Å². The number of likely N-dealkylation sites (tertiary alicyclic amines) is 1. The summed E-state index contributed by atoms with van der Waals surface area (Å²) >= 11 is 0. The molecule has 0 aromatic heterocycles. The second kappa shape index (κ2) is 8.84. The van der Waals surface area contributed by atoms with Crippen LogP contribution in [-0.2, 0) is 25.7 Å². The van der Waals surface area contributed by atoms with Gasteiger partial charge in [0, 0.05) is 18.3 Å². The van der Waals surface area contributed by atoms with Gasteiger partial charge in [-0.3, -0.25) is 14.4 Å². The normalized spacial score (nSPS) is 32.1. The Labute approximate surface area is 217 Å². The number of benzene rings is 2. The maximum atomic E-state index is 14.2. The van der Waals surface area contributed by atoms with E-state index in [0.29, 0.717) is 5.69 Å². The average Bonchev–Trinajstić information content (AvgIpc) is 3.61. The topological polar surface area (TPSA) is 87.7 Å². The third-order valence-corrected chi connectivity index (χ3v) is 8.54. The van der Waals surface area contributed by atoms with Crippen LogP contribution in [0, 0.1) is 18.8 Å². The van der Waals surface area contributed by atoms with E-state index in [4.69, 9.17) is 4.74 Å². The van der Waals surface area contributed by atoms with E-state index in [2.05, 4.69) is 10.6 Å². The van der Waals surface area contributed by atoms with E-state index in [-0.39, 0.29) is 30.3 Å². The lowest BCUT2D eigenvalue weighted by atomic mass is 9.70. The molecule has 4 aliphatic rings. The SMILES string of the molecule is Cc1ccc(CN2C(=O)[C@@H]3[C@H](C(=O)Nc4ccccc4)[C@]4(C)C=C[C@@]3(O4)[C@H]2C(=O)NC2CCCC2)cc1. The maximum Gasteiger partial charge on any atom is 0.246 e. The lowest BCUT2D eigenvalue weighted by Crippen LogP contribution is -2.56. The highest BCUT2D eigenvalue weighted by Gasteiger charge is 2.76. The molecule has 1 aliphatic carbocycles. The first kappa shape index (κ1) is 23.9. The number of aryl methyl sites for hydroxylation is 1. The lowest BCUT2D eigenvalue weighted by Gasteiger charge is -2.33. The number of nitrogens with zero attached hydrogens (tertiary/aromatic N) is 1. The summed E-state index contributed by atoms with van der Waals surface area (Å²) in [6.45, 7) is 4.14. The second-order valence-corrected chi connectivity index (χ2v) is 11.1. The van der Waals surface area contributed by atoms with Gasteiger partial charge in [0.05, 0.1) is 17.4 Å². The molecular weight excluding hydrogens is 466 g/mol. The van der Waals surface area contributed by atoms with E-state index >= 15 is 0 Å². The first-order valence-electron chi connectivity index (χ1n) is 13.2. The molecule has 2 saturated heterocycles. The number of carbonyl (C=O) groups is 3. The van der Waals surface area contributed by atoms with Crippen molar-refractivity contribution in [3.63, 3.8) is 0 Å². The molecule has 37 heavy (non-hydrogen) atoms. The minimum atomic E-state index is -1.18. The molecule has 5 atom stereocenters. The molecule has 3 aliphatic heterocycles. The second-order valence-electron chi connectivity index (χ2n) is 11.1. The summed E-state index contributed by atoms with van der Waals surface area (Å²) in [5.41, 5.74) is 0.565. The number of amides is 3. The van der Waals surface area contributed by atoms with Gasteiger partial charge >= 0.3 is 0 Å². The van der Waals surface area contributed by atoms with Crippen LogP contribution in [0.4, 0.5) is 5.69 Å². The van der Waals surface area contributed by atoms with E-state index in [1.54, 1.807) is 4.90 Å². The highest BCUT2D eigenvalue weighted by atomic mass is 16.5. The van der Waals surface area contributed by atoms with Crippen LogP contribution in [0.15, 0.2) is 66.7 Å². The zero-order chi connectivity index (χ0) is 25.8. The Morgan fingerprint density at radius 3 is 2.41 bits per heavy atom. The molecule has 0 unspecified atom stereocenters. The Bertz CT molecular complexity index is 1250. The van der Waals surface area contributed by atoms with Crippen LogP contribution in [0.1, 0.15) is 43.7 Å². The van der Waals surface area contributed by atoms with E-state index in [1.165, 1.54) is 0 Å². The number of hydrogen-bond acceptors (Lipinski definition) is 4. The van der Waals surface area contributed by atoms with Gasteiger partial charge in [-0.1, -0.05) is 73.0 Å². The molecule has 1 saturated carbocycles.